The van der Waals surface area contributed by atoms with Crippen molar-refractivity contribution in [3.63, 3.8) is 0 Å². The number of benzene rings is 2. The number of fused-ring (bicyclic) bond motifs is 1. The van der Waals surface area contributed by atoms with Crippen LogP contribution in [-0.4, -0.2) is 42.6 Å². The van der Waals surface area contributed by atoms with Crippen LogP contribution in [0.25, 0.3) is 11.0 Å². The fraction of sp³-hybridized carbons (Fsp3) is 0.211. The number of anilines is 1. The first-order valence-electron chi connectivity index (χ1n) is 8.54. The molecular weight excluding hydrogens is 382 g/mol. The van der Waals surface area contributed by atoms with Gasteiger partial charge in [-0.2, -0.15) is 0 Å². The Bertz CT molecular complexity index is 1130. The molecule has 1 amide bonds. The van der Waals surface area contributed by atoms with E-state index in [2.05, 4.69) is 15.3 Å². The van der Waals surface area contributed by atoms with Crippen LogP contribution in [-0.2, 0) is 19.4 Å². The number of hydrogen-bond acceptors (Lipinski definition) is 6. The predicted molar refractivity (Wildman–Crippen MR) is 104 cm³/mol. The second kappa shape index (κ2) is 7.81. The summed E-state index contributed by atoms with van der Waals surface area (Å²) in [7, 11) is -3.94. The highest BCUT2D eigenvalue weighted by Crippen LogP contribution is 2.17. The minimum absolute atomic E-state index is 0.249. The van der Waals surface area contributed by atoms with Gasteiger partial charge in [-0.05, 0) is 55.8 Å². The number of ether oxygens (including phenoxy) is 1. The molecule has 2 N–H and O–H groups in total. The summed E-state index contributed by atoms with van der Waals surface area (Å²) in [6, 6.07) is 11.3. The van der Waals surface area contributed by atoms with Crippen molar-refractivity contribution in [2.24, 2.45) is 0 Å². The molecule has 28 heavy (non-hydrogen) atoms. The third-order valence-electron chi connectivity index (χ3n) is 3.91. The highest BCUT2D eigenvalue weighted by atomic mass is 32.2. The van der Waals surface area contributed by atoms with Gasteiger partial charge in [0.25, 0.3) is 0 Å². The molecule has 0 saturated carbocycles. The van der Waals surface area contributed by atoms with E-state index in [0.29, 0.717) is 22.3 Å². The molecule has 146 valence electrons. The maximum Gasteiger partial charge on any atom is 0.338 e. The number of rotatable bonds is 6. The van der Waals surface area contributed by atoms with E-state index in [-0.39, 0.29) is 11.8 Å². The van der Waals surface area contributed by atoms with Crippen molar-refractivity contribution in [3.05, 3.63) is 53.6 Å². The smallest absolute Gasteiger partial charge is 0.338 e. The van der Waals surface area contributed by atoms with E-state index in [9.17, 15) is 18.0 Å². The molecule has 3 aromatic rings. The molecule has 3 rings (SSSR count). The van der Waals surface area contributed by atoms with Crippen molar-refractivity contribution >= 4 is 38.4 Å². The molecule has 1 aromatic heterocycles. The molecule has 0 aliphatic heterocycles. The molecule has 0 spiro atoms. The molecule has 0 aliphatic carbocycles. The minimum Gasteiger partial charge on any atom is -0.462 e. The molecule has 9 heteroatoms. The largest absolute Gasteiger partial charge is 0.462 e. The molecule has 2 aromatic carbocycles. The Morgan fingerprint density at radius 1 is 1.14 bits per heavy atom. The quantitative estimate of drug-likeness (QED) is 0.613. The molecule has 0 atom stereocenters. The number of aromatic nitrogens is 2. The lowest BCUT2D eigenvalue weighted by molar-refractivity contribution is -0.113. The van der Waals surface area contributed by atoms with Gasteiger partial charge in [0.2, 0.25) is 20.9 Å². The Kier molecular flexibility index (Phi) is 5.46. The molecule has 1 heterocycles. The molecule has 0 aliphatic rings. The zero-order valence-electron chi connectivity index (χ0n) is 15.4. The first-order chi connectivity index (χ1) is 13.3. The number of aromatic amines is 1. The standard InChI is InChI=1S/C19H19N3O5S/c1-3-27-18(24)13-5-7-14(8-6-13)20-17(23)11-28(25,26)19-21-15-9-4-12(2)10-16(15)22-19/h4-10H,3,11H2,1-2H3,(H,20,23)(H,21,22). The van der Waals surface area contributed by atoms with Gasteiger partial charge in [0.05, 0.1) is 23.2 Å². The maximum absolute atomic E-state index is 12.5. The number of nitrogens with one attached hydrogen (secondary N) is 2. The molecule has 8 nitrogen and oxygen atoms in total. The van der Waals surface area contributed by atoms with E-state index in [0.717, 1.165) is 5.56 Å². The fourth-order valence-corrected chi connectivity index (χ4v) is 3.65. The molecule has 0 radical (unpaired) electrons. The second-order valence-electron chi connectivity index (χ2n) is 6.17. The highest BCUT2D eigenvalue weighted by molar-refractivity contribution is 7.92. The first-order valence-corrected chi connectivity index (χ1v) is 10.2. The summed E-state index contributed by atoms with van der Waals surface area (Å²) in [5, 5.41) is 2.25. The van der Waals surface area contributed by atoms with E-state index >= 15 is 0 Å². The summed E-state index contributed by atoms with van der Waals surface area (Å²) in [4.78, 5) is 30.6. The van der Waals surface area contributed by atoms with Crippen molar-refractivity contribution < 1.29 is 22.7 Å². The Balaban J connectivity index is 1.70. The van der Waals surface area contributed by atoms with Gasteiger partial charge in [-0.25, -0.2) is 18.2 Å². The number of amides is 1. The van der Waals surface area contributed by atoms with E-state index in [1.807, 2.05) is 13.0 Å². The van der Waals surface area contributed by atoms with Gasteiger partial charge in [0.15, 0.2) is 0 Å². The van der Waals surface area contributed by atoms with Gasteiger partial charge >= 0.3 is 5.97 Å². The average Bonchev–Trinajstić information content (AvgIpc) is 3.06. The fourth-order valence-electron chi connectivity index (χ4n) is 2.59. The van der Waals surface area contributed by atoms with Crippen LogP contribution in [0.2, 0.25) is 0 Å². The van der Waals surface area contributed by atoms with Crippen LogP contribution >= 0.6 is 0 Å². The van der Waals surface area contributed by atoms with E-state index in [4.69, 9.17) is 4.74 Å². The van der Waals surface area contributed by atoms with Crippen molar-refractivity contribution in [1.82, 2.24) is 9.97 Å². The average molecular weight is 401 g/mol. The Morgan fingerprint density at radius 3 is 2.54 bits per heavy atom. The van der Waals surface area contributed by atoms with E-state index < -0.39 is 27.5 Å². The topological polar surface area (TPSA) is 118 Å². The highest BCUT2D eigenvalue weighted by Gasteiger charge is 2.23. The summed E-state index contributed by atoms with van der Waals surface area (Å²) in [6.45, 7) is 3.85. The summed E-state index contributed by atoms with van der Waals surface area (Å²) in [6.07, 6.45) is 0. The summed E-state index contributed by atoms with van der Waals surface area (Å²) >= 11 is 0. The number of aryl methyl sites for hydroxylation is 1. The Hall–Kier alpha value is -3.20. The van der Waals surface area contributed by atoms with Crippen molar-refractivity contribution in [2.75, 3.05) is 17.7 Å². The van der Waals surface area contributed by atoms with Crippen molar-refractivity contribution in [3.8, 4) is 0 Å². The van der Waals surface area contributed by atoms with Gasteiger partial charge in [-0.3, -0.25) is 4.79 Å². The number of sulfone groups is 1. The van der Waals surface area contributed by atoms with Crippen LogP contribution in [0.1, 0.15) is 22.8 Å². The second-order valence-corrected chi connectivity index (χ2v) is 8.07. The normalized spacial score (nSPS) is 11.4. The lowest BCUT2D eigenvalue weighted by Crippen LogP contribution is -2.23. The number of carbonyl (C=O) groups is 2. The number of carbonyl (C=O) groups excluding carboxylic acids is 2. The Labute approximate surface area is 161 Å². The van der Waals surface area contributed by atoms with Crippen molar-refractivity contribution in [2.45, 2.75) is 19.0 Å². The monoisotopic (exact) mass is 401 g/mol. The summed E-state index contributed by atoms with van der Waals surface area (Å²) < 4.78 is 29.9. The van der Waals surface area contributed by atoms with Crippen molar-refractivity contribution in [1.29, 1.82) is 0 Å². The van der Waals surface area contributed by atoms with Gasteiger partial charge in [0.1, 0.15) is 5.75 Å². The molecule has 0 fully saturated rings. The molecule has 0 unspecified atom stereocenters. The molecular formula is C19H19N3O5S. The van der Waals surface area contributed by atoms with Crippen LogP contribution in [0.5, 0.6) is 0 Å². The van der Waals surface area contributed by atoms with Gasteiger partial charge in [-0.15, -0.1) is 0 Å². The zero-order chi connectivity index (χ0) is 20.3. The van der Waals surface area contributed by atoms with Gasteiger partial charge in [-0.1, -0.05) is 6.07 Å². The van der Waals surface area contributed by atoms with Crippen LogP contribution in [0.3, 0.4) is 0 Å². The maximum atomic E-state index is 12.5. The van der Waals surface area contributed by atoms with Gasteiger partial charge in [0, 0.05) is 5.69 Å². The number of imidazole rings is 1. The molecule has 0 bridgehead atoms. The number of esters is 1. The lowest BCUT2D eigenvalue weighted by atomic mass is 10.2. The lowest BCUT2D eigenvalue weighted by Gasteiger charge is -2.06. The van der Waals surface area contributed by atoms with E-state index in [1.165, 1.54) is 24.3 Å². The van der Waals surface area contributed by atoms with Gasteiger partial charge < -0.3 is 15.0 Å². The van der Waals surface area contributed by atoms with Crippen LogP contribution in [0.4, 0.5) is 5.69 Å². The number of hydrogen-bond donors (Lipinski definition) is 2. The van der Waals surface area contributed by atoms with Crippen LogP contribution in [0.15, 0.2) is 47.6 Å². The van der Waals surface area contributed by atoms with E-state index in [1.54, 1.807) is 19.1 Å². The Morgan fingerprint density at radius 2 is 1.86 bits per heavy atom. The SMILES string of the molecule is CCOC(=O)c1ccc(NC(=O)CS(=O)(=O)c2nc3ccc(C)cc3[nH]2)cc1. The summed E-state index contributed by atoms with van der Waals surface area (Å²) in [5.74, 6) is -1.94. The summed E-state index contributed by atoms with van der Waals surface area (Å²) in [5.41, 5.74) is 2.77. The number of H-pyrrole nitrogens is 1. The molecule has 0 saturated heterocycles. The first kappa shape index (κ1) is 19.6. The number of nitrogens with zero attached hydrogens (tertiary/aromatic N) is 1. The third kappa shape index (κ3) is 4.37. The predicted octanol–water partition coefficient (Wildman–Crippen LogP) is 2.46. The third-order valence-corrected chi connectivity index (χ3v) is 5.34. The zero-order valence-corrected chi connectivity index (χ0v) is 16.2. The minimum atomic E-state index is -3.94. The van der Waals surface area contributed by atoms with Crippen LogP contribution in [0, 0.1) is 6.92 Å². The van der Waals surface area contributed by atoms with Crippen LogP contribution < -0.4 is 5.32 Å².